The minimum Gasteiger partial charge on any atom is -0.308 e. The van der Waals surface area contributed by atoms with Crippen LogP contribution in [0.15, 0.2) is 58.8 Å². The Morgan fingerprint density at radius 3 is 2.74 bits per heavy atom. The van der Waals surface area contributed by atoms with Gasteiger partial charge in [-0.15, -0.1) is 11.8 Å². The number of rotatable bonds is 2. The minimum atomic E-state index is -0.261. The summed E-state index contributed by atoms with van der Waals surface area (Å²) in [5, 5.41) is 2.74. The first kappa shape index (κ1) is 14.1. The molecule has 0 saturated carbocycles. The Kier molecular flexibility index (Phi) is 3.46. The Bertz CT molecular complexity index is 817. The van der Waals surface area contributed by atoms with Gasteiger partial charge in [0.2, 0.25) is 5.91 Å². The van der Waals surface area contributed by atoms with Crippen molar-refractivity contribution in [3.63, 3.8) is 0 Å². The second-order valence-corrected chi connectivity index (χ2v) is 6.71. The maximum Gasteiger partial charge on any atom is 0.236 e. The molecule has 2 aliphatic heterocycles. The summed E-state index contributed by atoms with van der Waals surface area (Å²) in [5.74, 6) is 0.204. The molecule has 1 amide bonds. The number of benzene rings is 1. The van der Waals surface area contributed by atoms with E-state index in [0.717, 1.165) is 16.0 Å². The number of nitrogens with zero attached hydrogens (tertiary/aromatic N) is 3. The lowest BCUT2D eigenvalue weighted by molar-refractivity contribution is -0.122. The number of nitrogens with one attached hydrogen (secondary N) is 1. The number of carbonyl (C=O) groups excluding carboxylic acids is 1. The third-order valence-corrected chi connectivity index (χ3v) is 5.14. The van der Waals surface area contributed by atoms with Gasteiger partial charge in [-0.05, 0) is 23.0 Å². The lowest BCUT2D eigenvalue weighted by Gasteiger charge is -2.25. The van der Waals surface area contributed by atoms with E-state index in [0.29, 0.717) is 11.5 Å². The maximum absolute atomic E-state index is 12.7. The van der Waals surface area contributed by atoms with E-state index in [1.165, 1.54) is 0 Å². The lowest BCUT2D eigenvalue weighted by Crippen LogP contribution is -2.44. The number of hydrogen-bond donors (Lipinski definition) is 1. The molecule has 3 heterocycles. The Labute approximate surface area is 138 Å². The van der Waals surface area contributed by atoms with Crippen molar-refractivity contribution in [1.29, 1.82) is 0 Å². The van der Waals surface area contributed by atoms with Crippen LogP contribution in [0.25, 0.3) is 5.57 Å². The number of amides is 1. The number of aromatic nitrogens is 2. The van der Waals surface area contributed by atoms with Crippen molar-refractivity contribution in [2.24, 2.45) is 10.9 Å². The van der Waals surface area contributed by atoms with Crippen molar-refractivity contribution in [2.45, 2.75) is 12.3 Å². The number of amidine groups is 1. The molecule has 23 heavy (non-hydrogen) atoms. The first-order valence-corrected chi connectivity index (χ1v) is 8.20. The Morgan fingerprint density at radius 2 is 2.00 bits per heavy atom. The van der Waals surface area contributed by atoms with Crippen LogP contribution in [0.4, 0.5) is 0 Å². The van der Waals surface area contributed by atoms with Crippen LogP contribution in [0.5, 0.6) is 0 Å². The van der Waals surface area contributed by atoms with Crippen molar-refractivity contribution in [1.82, 2.24) is 15.3 Å². The van der Waals surface area contributed by atoms with Gasteiger partial charge in [0, 0.05) is 12.4 Å². The van der Waals surface area contributed by atoms with Crippen molar-refractivity contribution in [3.8, 4) is 0 Å². The molecule has 2 atom stereocenters. The number of carbonyl (C=O) groups is 1. The van der Waals surface area contributed by atoms with E-state index >= 15 is 0 Å². The van der Waals surface area contributed by atoms with Crippen LogP contribution in [0.3, 0.4) is 0 Å². The molecule has 0 saturated heterocycles. The van der Waals surface area contributed by atoms with Gasteiger partial charge >= 0.3 is 0 Å². The summed E-state index contributed by atoms with van der Waals surface area (Å²) in [6.45, 7) is 2.05. The van der Waals surface area contributed by atoms with Crippen LogP contribution in [-0.4, -0.2) is 27.1 Å². The zero-order valence-corrected chi connectivity index (χ0v) is 13.2. The molecule has 2 aliphatic rings. The normalized spacial score (nSPS) is 23.3. The quantitative estimate of drug-likeness (QED) is 0.922. The van der Waals surface area contributed by atoms with E-state index in [9.17, 15) is 4.79 Å². The molecule has 1 aromatic carbocycles. The second kappa shape index (κ2) is 5.62. The van der Waals surface area contributed by atoms with Gasteiger partial charge < -0.3 is 5.32 Å². The summed E-state index contributed by atoms with van der Waals surface area (Å²) >= 11 is 1.64. The number of hydrogen-bond acceptors (Lipinski definition) is 5. The summed E-state index contributed by atoms with van der Waals surface area (Å²) in [6, 6.07) is 10.0. The first-order chi connectivity index (χ1) is 11.2. The van der Waals surface area contributed by atoms with Crippen LogP contribution in [-0.2, 0) is 4.79 Å². The van der Waals surface area contributed by atoms with Gasteiger partial charge in [0.15, 0.2) is 5.84 Å². The number of allylic oxidation sites excluding steroid dienone is 1. The van der Waals surface area contributed by atoms with Gasteiger partial charge in [-0.25, -0.2) is 4.98 Å². The summed E-state index contributed by atoms with van der Waals surface area (Å²) in [5.41, 5.74) is 2.74. The zero-order valence-electron chi connectivity index (χ0n) is 12.4. The number of aliphatic imine (C=N–C) groups is 1. The second-order valence-electron chi connectivity index (χ2n) is 5.38. The Morgan fingerprint density at radius 1 is 1.17 bits per heavy atom. The largest absolute Gasteiger partial charge is 0.308 e. The molecule has 2 unspecified atom stereocenters. The fourth-order valence-electron chi connectivity index (χ4n) is 2.94. The topological polar surface area (TPSA) is 67.2 Å². The first-order valence-electron chi connectivity index (χ1n) is 7.32. The number of thioether (sulfide) groups is 1. The van der Waals surface area contributed by atoms with Crippen LogP contribution < -0.4 is 5.32 Å². The third kappa shape index (κ3) is 2.45. The molecule has 0 aliphatic carbocycles. The van der Waals surface area contributed by atoms with E-state index in [2.05, 4.69) is 22.2 Å². The molecule has 0 bridgehead atoms. The Balaban J connectivity index is 1.72. The highest BCUT2D eigenvalue weighted by molar-refractivity contribution is 8.04. The van der Waals surface area contributed by atoms with E-state index in [4.69, 9.17) is 4.99 Å². The average Bonchev–Trinajstić information content (AvgIpc) is 2.93. The number of fused-ring (bicyclic) bond motifs is 1. The van der Waals surface area contributed by atoms with Crippen molar-refractivity contribution >= 4 is 29.1 Å². The third-order valence-electron chi connectivity index (χ3n) is 3.94. The van der Waals surface area contributed by atoms with Crippen LogP contribution >= 0.6 is 11.8 Å². The van der Waals surface area contributed by atoms with Gasteiger partial charge in [0.1, 0.15) is 11.1 Å². The lowest BCUT2D eigenvalue weighted by atomic mass is 9.90. The molecule has 1 N–H and O–H groups in total. The molecule has 0 spiro atoms. The highest BCUT2D eigenvalue weighted by atomic mass is 32.2. The summed E-state index contributed by atoms with van der Waals surface area (Å²) in [4.78, 5) is 26.8. The fourth-order valence-corrected chi connectivity index (χ4v) is 4.23. The van der Waals surface area contributed by atoms with Gasteiger partial charge in [-0.3, -0.25) is 14.8 Å². The summed E-state index contributed by atoms with van der Waals surface area (Å²) in [6.07, 6.45) is 4.80. The van der Waals surface area contributed by atoms with Crippen molar-refractivity contribution in [3.05, 3.63) is 65.1 Å². The molecule has 114 valence electrons. The Hall–Kier alpha value is -2.47. The van der Waals surface area contributed by atoms with Gasteiger partial charge in [0.25, 0.3) is 0 Å². The zero-order chi connectivity index (χ0) is 15.8. The average molecular weight is 322 g/mol. The van der Waals surface area contributed by atoms with Crippen LogP contribution in [0.1, 0.15) is 18.2 Å². The highest BCUT2D eigenvalue weighted by Gasteiger charge is 2.43. The molecular weight excluding hydrogens is 308 g/mol. The predicted octanol–water partition coefficient (Wildman–Crippen LogP) is 2.47. The van der Waals surface area contributed by atoms with Crippen LogP contribution in [0, 0.1) is 5.92 Å². The monoisotopic (exact) mass is 322 g/mol. The molecule has 4 rings (SSSR count). The maximum atomic E-state index is 12.7. The van der Waals surface area contributed by atoms with E-state index in [-0.39, 0.29) is 17.2 Å². The molecule has 5 nitrogen and oxygen atoms in total. The SMILES string of the molecule is CC1=C(c2ccccc2)C2C(=O)NC(c3cnccn3)=NC2S1. The molecule has 0 radical (unpaired) electrons. The van der Waals surface area contributed by atoms with Gasteiger partial charge in [0.05, 0.1) is 12.1 Å². The highest BCUT2D eigenvalue weighted by Crippen LogP contribution is 2.48. The van der Waals surface area contributed by atoms with Crippen molar-refractivity contribution in [2.75, 3.05) is 0 Å². The smallest absolute Gasteiger partial charge is 0.236 e. The van der Waals surface area contributed by atoms with E-state index < -0.39 is 0 Å². The molecule has 0 fully saturated rings. The van der Waals surface area contributed by atoms with E-state index in [1.54, 1.807) is 30.4 Å². The molecule has 6 heteroatoms. The van der Waals surface area contributed by atoms with Crippen molar-refractivity contribution < 1.29 is 4.79 Å². The molecular formula is C17H14N4OS. The van der Waals surface area contributed by atoms with Crippen LogP contribution in [0.2, 0.25) is 0 Å². The summed E-state index contributed by atoms with van der Waals surface area (Å²) in [7, 11) is 0. The van der Waals surface area contributed by atoms with Gasteiger partial charge in [-0.1, -0.05) is 30.3 Å². The standard InChI is InChI=1S/C17H14N4OS/c1-10-13(11-5-3-2-4-6-11)14-16(22)20-15(21-17(14)23-10)12-9-18-7-8-19-12/h2-9,14,17H,1H3,(H,20,21,22). The predicted molar refractivity (Wildman–Crippen MR) is 90.6 cm³/mol. The molecule has 1 aromatic heterocycles. The fraction of sp³-hybridized carbons (Fsp3) is 0.176. The minimum absolute atomic E-state index is 0.0335. The van der Waals surface area contributed by atoms with E-state index in [1.807, 2.05) is 30.3 Å². The molecule has 2 aromatic rings. The van der Waals surface area contributed by atoms with Gasteiger partial charge in [-0.2, -0.15) is 0 Å². The summed E-state index contributed by atoms with van der Waals surface area (Å²) < 4.78 is 0.